The summed E-state index contributed by atoms with van der Waals surface area (Å²) in [6.45, 7) is 3.66. The molecule has 4 aromatic rings. The number of benzene rings is 3. The van der Waals surface area contributed by atoms with E-state index in [-0.39, 0.29) is 13.2 Å². The average molecular weight is 501 g/mol. The van der Waals surface area contributed by atoms with Crippen LogP contribution in [0.5, 0.6) is 11.5 Å². The Morgan fingerprint density at radius 2 is 1.57 bits per heavy atom. The van der Waals surface area contributed by atoms with E-state index >= 15 is 0 Å². The van der Waals surface area contributed by atoms with Gasteiger partial charge in [-0.3, -0.25) is 9.69 Å². The Morgan fingerprint density at radius 3 is 2.22 bits per heavy atom. The summed E-state index contributed by atoms with van der Waals surface area (Å²) in [6, 6.07) is 25.2. The Labute approximate surface area is 215 Å². The maximum absolute atomic E-state index is 12.9. The molecule has 1 heterocycles. The van der Waals surface area contributed by atoms with E-state index in [4.69, 9.17) is 18.6 Å². The molecule has 0 fully saturated rings. The molecule has 0 spiro atoms. The van der Waals surface area contributed by atoms with E-state index in [1.54, 1.807) is 36.4 Å². The lowest BCUT2D eigenvalue weighted by atomic mass is 10.1. The van der Waals surface area contributed by atoms with E-state index in [2.05, 4.69) is 4.98 Å². The molecule has 3 aromatic carbocycles. The minimum Gasteiger partial charge on any atom is -0.487 e. The topological polar surface area (TPSA) is 91.1 Å². The number of rotatable bonds is 9. The van der Waals surface area contributed by atoms with Crippen molar-refractivity contribution in [3.05, 3.63) is 102 Å². The highest BCUT2D eigenvalue weighted by Crippen LogP contribution is 2.26. The van der Waals surface area contributed by atoms with E-state index in [0.717, 1.165) is 11.1 Å². The molecule has 8 heteroatoms. The molecule has 1 atom stereocenters. The zero-order valence-corrected chi connectivity index (χ0v) is 20.9. The van der Waals surface area contributed by atoms with Gasteiger partial charge in [-0.05, 0) is 55.8 Å². The minimum absolute atomic E-state index is 0.245. The number of nitrogens with zero attached hydrogens (tertiary/aromatic N) is 2. The standard InChI is InChI=1S/C29H28N2O6/c1-20(31(18-27(32)34-3)29(33)37-25-12-8-5-9-13-25)22-14-16-24(17-15-22)35-19-26-21(2)36-28(30-26)23-10-6-4-7-11-23/h4-17,20H,18-19H2,1-3H3/t20-/m0/s1. The largest absolute Gasteiger partial charge is 0.487 e. The van der Waals surface area contributed by atoms with E-state index < -0.39 is 18.1 Å². The maximum atomic E-state index is 12.9. The second-order valence-electron chi connectivity index (χ2n) is 8.31. The molecule has 0 N–H and O–H groups in total. The monoisotopic (exact) mass is 500 g/mol. The second kappa shape index (κ2) is 11.9. The van der Waals surface area contributed by atoms with Gasteiger partial charge in [0.15, 0.2) is 0 Å². The lowest BCUT2D eigenvalue weighted by molar-refractivity contribution is -0.141. The molecule has 0 saturated heterocycles. The molecule has 0 radical (unpaired) electrons. The summed E-state index contributed by atoms with van der Waals surface area (Å²) in [5.74, 6) is 1.71. The van der Waals surface area contributed by atoms with Crippen molar-refractivity contribution in [3.8, 4) is 23.0 Å². The Kier molecular flexibility index (Phi) is 8.20. The maximum Gasteiger partial charge on any atom is 0.416 e. The van der Waals surface area contributed by atoms with E-state index in [1.807, 2.05) is 62.4 Å². The van der Waals surface area contributed by atoms with Crippen LogP contribution in [0.3, 0.4) is 0 Å². The molecule has 0 saturated carbocycles. The number of amides is 1. The molecule has 1 aromatic heterocycles. The fourth-order valence-corrected chi connectivity index (χ4v) is 3.65. The number of hydrogen-bond donors (Lipinski definition) is 0. The van der Waals surface area contributed by atoms with Crippen LogP contribution in [0, 0.1) is 6.92 Å². The minimum atomic E-state index is -0.653. The number of oxazole rings is 1. The molecule has 1 amide bonds. The van der Waals surface area contributed by atoms with Gasteiger partial charge in [-0.25, -0.2) is 9.78 Å². The first-order valence-corrected chi connectivity index (χ1v) is 11.8. The first kappa shape index (κ1) is 25.5. The van der Waals surface area contributed by atoms with Crippen molar-refractivity contribution in [1.82, 2.24) is 9.88 Å². The number of aryl methyl sites for hydroxylation is 1. The number of para-hydroxylation sites is 1. The van der Waals surface area contributed by atoms with Crippen LogP contribution in [-0.4, -0.2) is 35.6 Å². The zero-order chi connectivity index (χ0) is 26.2. The Hall–Kier alpha value is -4.59. The third-order valence-corrected chi connectivity index (χ3v) is 5.83. The lowest BCUT2D eigenvalue weighted by Gasteiger charge is -2.27. The molecule has 0 aliphatic heterocycles. The Bertz CT molecular complexity index is 1320. The second-order valence-corrected chi connectivity index (χ2v) is 8.31. The molecular formula is C29H28N2O6. The molecule has 0 bridgehead atoms. The molecule has 190 valence electrons. The predicted octanol–water partition coefficient (Wildman–Crippen LogP) is 5.96. The molecule has 37 heavy (non-hydrogen) atoms. The molecular weight excluding hydrogens is 472 g/mol. The van der Waals surface area contributed by atoms with Crippen LogP contribution in [0.2, 0.25) is 0 Å². The number of carbonyl (C=O) groups is 2. The van der Waals surface area contributed by atoms with Crippen LogP contribution in [0.25, 0.3) is 11.5 Å². The summed E-state index contributed by atoms with van der Waals surface area (Å²) in [6.07, 6.45) is -0.653. The quantitative estimate of drug-likeness (QED) is 0.262. The van der Waals surface area contributed by atoms with E-state index in [1.165, 1.54) is 12.0 Å². The van der Waals surface area contributed by atoms with Crippen molar-refractivity contribution in [2.45, 2.75) is 26.5 Å². The van der Waals surface area contributed by atoms with Crippen molar-refractivity contribution in [1.29, 1.82) is 0 Å². The lowest BCUT2D eigenvalue weighted by Crippen LogP contribution is -2.40. The van der Waals surface area contributed by atoms with Crippen molar-refractivity contribution in [3.63, 3.8) is 0 Å². The average Bonchev–Trinajstić information content (AvgIpc) is 3.31. The van der Waals surface area contributed by atoms with Crippen molar-refractivity contribution >= 4 is 12.1 Å². The summed E-state index contributed by atoms with van der Waals surface area (Å²) >= 11 is 0. The first-order chi connectivity index (χ1) is 17.9. The third kappa shape index (κ3) is 6.55. The molecule has 0 unspecified atom stereocenters. The van der Waals surface area contributed by atoms with Gasteiger partial charge >= 0.3 is 12.1 Å². The van der Waals surface area contributed by atoms with Gasteiger partial charge in [0.2, 0.25) is 5.89 Å². The zero-order valence-electron chi connectivity index (χ0n) is 20.9. The van der Waals surface area contributed by atoms with Crippen molar-refractivity contribution < 1.29 is 28.2 Å². The Balaban J connectivity index is 1.42. The summed E-state index contributed by atoms with van der Waals surface area (Å²) in [5.41, 5.74) is 2.41. The van der Waals surface area contributed by atoms with Gasteiger partial charge in [-0.1, -0.05) is 48.5 Å². The van der Waals surface area contributed by atoms with Crippen molar-refractivity contribution in [2.75, 3.05) is 13.7 Å². The van der Waals surface area contributed by atoms with Crippen LogP contribution in [0.1, 0.15) is 30.0 Å². The van der Waals surface area contributed by atoms with Crippen LogP contribution < -0.4 is 9.47 Å². The summed E-state index contributed by atoms with van der Waals surface area (Å²) in [4.78, 5) is 30.8. The SMILES string of the molecule is COC(=O)CN(C(=O)Oc1ccccc1)[C@@H](C)c1ccc(OCc2nc(-c3ccccc3)oc2C)cc1. The number of hydrogen-bond acceptors (Lipinski definition) is 7. The van der Waals surface area contributed by atoms with E-state index in [9.17, 15) is 9.59 Å². The number of methoxy groups -OCH3 is 1. The molecule has 4 rings (SSSR count). The molecule has 0 aliphatic carbocycles. The predicted molar refractivity (Wildman–Crippen MR) is 137 cm³/mol. The highest BCUT2D eigenvalue weighted by atomic mass is 16.6. The van der Waals surface area contributed by atoms with Gasteiger partial charge in [-0.15, -0.1) is 0 Å². The fourth-order valence-electron chi connectivity index (χ4n) is 3.65. The van der Waals surface area contributed by atoms with Crippen LogP contribution >= 0.6 is 0 Å². The van der Waals surface area contributed by atoms with Gasteiger partial charge in [0.25, 0.3) is 0 Å². The van der Waals surface area contributed by atoms with Crippen LogP contribution in [0.15, 0.2) is 89.3 Å². The number of ether oxygens (including phenoxy) is 3. The third-order valence-electron chi connectivity index (χ3n) is 5.83. The van der Waals surface area contributed by atoms with E-state index in [0.29, 0.717) is 28.8 Å². The van der Waals surface area contributed by atoms with Crippen molar-refractivity contribution in [2.24, 2.45) is 0 Å². The summed E-state index contributed by atoms with van der Waals surface area (Å²) < 4.78 is 22.0. The van der Waals surface area contributed by atoms with Gasteiger partial charge in [-0.2, -0.15) is 0 Å². The van der Waals surface area contributed by atoms with Gasteiger partial charge in [0, 0.05) is 5.56 Å². The van der Waals surface area contributed by atoms with Gasteiger partial charge in [0.1, 0.15) is 36.1 Å². The Morgan fingerprint density at radius 1 is 0.919 bits per heavy atom. The van der Waals surface area contributed by atoms with Gasteiger partial charge < -0.3 is 18.6 Å². The number of esters is 1. The normalized spacial score (nSPS) is 11.4. The van der Waals surface area contributed by atoms with Crippen LogP contribution in [0.4, 0.5) is 4.79 Å². The number of aromatic nitrogens is 1. The summed E-state index contributed by atoms with van der Waals surface area (Å²) in [7, 11) is 1.28. The first-order valence-electron chi connectivity index (χ1n) is 11.8. The number of carbonyl (C=O) groups excluding carboxylic acids is 2. The highest BCUT2D eigenvalue weighted by molar-refractivity contribution is 5.79. The van der Waals surface area contributed by atoms with Gasteiger partial charge in [0.05, 0.1) is 13.2 Å². The highest BCUT2D eigenvalue weighted by Gasteiger charge is 2.26. The fraction of sp³-hybridized carbons (Fsp3) is 0.207. The van der Waals surface area contributed by atoms with Crippen LogP contribution in [-0.2, 0) is 16.1 Å². The summed E-state index contributed by atoms with van der Waals surface area (Å²) in [5, 5.41) is 0. The smallest absolute Gasteiger partial charge is 0.416 e. The molecule has 0 aliphatic rings. The molecule has 8 nitrogen and oxygen atoms in total.